The van der Waals surface area contributed by atoms with E-state index in [0.717, 1.165) is 0 Å². The van der Waals surface area contributed by atoms with Gasteiger partial charge in [-0.2, -0.15) is 0 Å². The normalized spacial score (nSPS) is 30.0. The molecular formula is C13H19N5O4. The van der Waals surface area contributed by atoms with E-state index in [1.807, 2.05) is 0 Å². The molecular weight excluding hydrogens is 290 g/mol. The average Bonchev–Trinajstić information content (AvgIpc) is 3.04. The van der Waals surface area contributed by atoms with Crippen molar-refractivity contribution in [2.45, 2.75) is 43.4 Å². The predicted molar refractivity (Wildman–Crippen MR) is 75.5 cm³/mol. The van der Waals surface area contributed by atoms with Crippen molar-refractivity contribution in [1.82, 2.24) is 19.5 Å². The third-order valence-corrected chi connectivity index (χ3v) is 3.88. The molecule has 1 aliphatic rings. The fraction of sp³-hybridized carbons (Fsp3) is 0.615. The van der Waals surface area contributed by atoms with Gasteiger partial charge in [0.15, 0.2) is 11.9 Å². The van der Waals surface area contributed by atoms with E-state index in [1.165, 1.54) is 12.7 Å². The standard InChI is InChI=1S/C13H19N5O4/c14-7(1-2-19)3-9-10(20)11(21)13(22-9)18-6-17-8-4-15-5-16-12(8)18/h4-7,9-11,13,19-21H,1-3,14H2/t7?,9-,10-,11-,13-/m1/s1. The zero-order valence-corrected chi connectivity index (χ0v) is 11.9. The quantitative estimate of drug-likeness (QED) is 0.526. The Labute approximate surface area is 126 Å². The molecule has 2 aromatic heterocycles. The summed E-state index contributed by atoms with van der Waals surface area (Å²) in [5, 5.41) is 29.3. The van der Waals surface area contributed by atoms with Gasteiger partial charge in [-0.1, -0.05) is 0 Å². The SMILES string of the molecule is NC(CCO)C[C@H]1O[C@@H](n2cnc3cncnc32)[C@H](O)[C@@H]1O. The van der Waals surface area contributed by atoms with Gasteiger partial charge in [0.05, 0.1) is 18.6 Å². The minimum absolute atomic E-state index is 0.0287. The highest BCUT2D eigenvalue weighted by Crippen LogP contribution is 2.33. The molecule has 1 aliphatic heterocycles. The van der Waals surface area contributed by atoms with Gasteiger partial charge >= 0.3 is 0 Å². The number of aliphatic hydroxyl groups excluding tert-OH is 3. The van der Waals surface area contributed by atoms with Crippen molar-refractivity contribution in [3.05, 3.63) is 18.9 Å². The number of imidazole rings is 1. The smallest absolute Gasteiger partial charge is 0.165 e. The van der Waals surface area contributed by atoms with E-state index >= 15 is 0 Å². The number of nitrogens with zero attached hydrogens (tertiary/aromatic N) is 4. The minimum atomic E-state index is -1.11. The Balaban J connectivity index is 1.80. The maximum atomic E-state index is 10.2. The first kappa shape index (κ1) is 15.3. The summed E-state index contributed by atoms with van der Waals surface area (Å²) in [7, 11) is 0. The van der Waals surface area contributed by atoms with E-state index in [2.05, 4.69) is 15.0 Å². The van der Waals surface area contributed by atoms with Crippen LogP contribution in [0.25, 0.3) is 11.2 Å². The molecule has 3 heterocycles. The summed E-state index contributed by atoms with van der Waals surface area (Å²) < 4.78 is 7.33. The van der Waals surface area contributed by atoms with Gasteiger partial charge in [-0.3, -0.25) is 4.57 Å². The summed E-state index contributed by atoms with van der Waals surface area (Å²) >= 11 is 0. The summed E-state index contributed by atoms with van der Waals surface area (Å²) in [5.41, 5.74) is 6.95. The van der Waals surface area contributed by atoms with Crippen molar-refractivity contribution in [3.8, 4) is 0 Å². The second-order valence-corrected chi connectivity index (χ2v) is 5.44. The van der Waals surface area contributed by atoms with Crippen LogP contribution in [-0.2, 0) is 4.74 Å². The number of nitrogens with two attached hydrogens (primary N) is 1. The number of ether oxygens (including phenoxy) is 1. The second-order valence-electron chi connectivity index (χ2n) is 5.44. The Morgan fingerprint density at radius 3 is 2.91 bits per heavy atom. The predicted octanol–water partition coefficient (Wildman–Crippen LogP) is -1.45. The lowest BCUT2D eigenvalue weighted by molar-refractivity contribution is -0.0389. The molecule has 9 heteroatoms. The first-order valence-electron chi connectivity index (χ1n) is 7.12. The molecule has 0 aliphatic carbocycles. The van der Waals surface area contributed by atoms with Crippen LogP contribution in [0.1, 0.15) is 19.1 Å². The Bertz CT molecular complexity index is 636. The van der Waals surface area contributed by atoms with Gasteiger partial charge in [-0.05, 0) is 12.8 Å². The number of rotatable bonds is 5. The summed E-state index contributed by atoms with van der Waals surface area (Å²) in [6.45, 7) is -0.0287. The molecule has 0 saturated carbocycles. The first-order chi connectivity index (χ1) is 10.6. The number of aliphatic hydroxyl groups is 3. The number of fused-ring (bicyclic) bond motifs is 1. The van der Waals surface area contributed by atoms with Crippen LogP contribution in [0.4, 0.5) is 0 Å². The van der Waals surface area contributed by atoms with Crippen molar-refractivity contribution in [2.24, 2.45) is 5.73 Å². The molecule has 0 amide bonds. The van der Waals surface area contributed by atoms with E-state index in [9.17, 15) is 10.2 Å². The lowest BCUT2D eigenvalue weighted by Gasteiger charge is -2.18. The molecule has 0 aromatic carbocycles. The van der Waals surface area contributed by atoms with E-state index in [-0.39, 0.29) is 12.6 Å². The summed E-state index contributed by atoms with van der Waals surface area (Å²) in [5.74, 6) is 0. The highest BCUT2D eigenvalue weighted by molar-refractivity contribution is 5.68. The highest BCUT2D eigenvalue weighted by atomic mass is 16.6. The Morgan fingerprint density at radius 2 is 2.14 bits per heavy atom. The molecule has 22 heavy (non-hydrogen) atoms. The van der Waals surface area contributed by atoms with Crippen molar-refractivity contribution >= 4 is 11.2 Å². The number of aromatic nitrogens is 4. The average molecular weight is 309 g/mol. The van der Waals surface area contributed by atoms with Gasteiger partial charge in [0, 0.05) is 12.6 Å². The van der Waals surface area contributed by atoms with Gasteiger partial charge < -0.3 is 25.8 Å². The van der Waals surface area contributed by atoms with E-state index in [4.69, 9.17) is 15.6 Å². The third kappa shape index (κ3) is 2.69. The molecule has 0 radical (unpaired) electrons. The third-order valence-electron chi connectivity index (χ3n) is 3.88. The van der Waals surface area contributed by atoms with Crippen molar-refractivity contribution < 1.29 is 20.1 Å². The van der Waals surface area contributed by atoms with E-state index < -0.39 is 24.5 Å². The van der Waals surface area contributed by atoms with Crippen LogP contribution in [0.3, 0.4) is 0 Å². The molecule has 0 spiro atoms. The van der Waals surface area contributed by atoms with Gasteiger partial charge in [0.1, 0.15) is 24.1 Å². The van der Waals surface area contributed by atoms with Crippen LogP contribution < -0.4 is 5.73 Å². The van der Waals surface area contributed by atoms with Crippen LogP contribution in [0, 0.1) is 0 Å². The van der Waals surface area contributed by atoms with Crippen LogP contribution in [0.5, 0.6) is 0 Å². The lowest BCUT2D eigenvalue weighted by Crippen LogP contribution is -2.35. The fourth-order valence-electron chi connectivity index (χ4n) is 2.71. The van der Waals surface area contributed by atoms with Crippen molar-refractivity contribution in [2.75, 3.05) is 6.61 Å². The molecule has 1 fully saturated rings. The van der Waals surface area contributed by atoms with Crippen molar-refractivity contribution in [1.29, 1.82) is 0 Å². The molecule has 5 atom stereocenters. The van der Waals surface area contributed by atoms with Crippen LogP contribution >= 0.6 is 0 Å². The summed E-state index contributed by atoms with van der Waals surface area (Å²) in [4.78, 5) is 12.1. The largest absolute Gasteiger partial charge is 0.396 e. The Morgan fingerprint density at radius 1 is 1.32 bits per heavy atom. The first-order valence-corrected chi connectivity index (χ1v) is 7.12. The second kappa shape index (κ2) is 6.23. The molecule has 0 bridgehead atoms. The van der Waals surface area contributed by atoms with E-state index in [0.29, 0.717) is 24.0 Å². The van der Waals surface area contributed by atoms with Gasteiger partial charge in [0.2, 0.25) is 0 Å². The topological polar surface area (TPSA) is 140 Å². The Hall–Kier alpha value is -1.65. The van der Waals surface area contributed by atoms with Gasteiger partial charge in [0.25, 0.3) is 0 Å². The van der Waals surface area contributed by atoms with Crippen LogP contribution in [0.15, 0.2) is 18.9 Å². The maximum Gasteiger partial charge on any atom is 0.165 e. The summed E-state index contributed by atoms with van der Waals surface area (Å²) in [6.07, 6.45) is 1.62. The molecule has 9 nitrogen and oxygen atoms in total. The van der Waals surface area contributed by atoms with Gasteiger partial charge in [-0.25, -0.2) is 15.0 Å². The van der Waals surface area contributed by atoms with Crippen molar-refractivity contribution in [3.63, 3.8) is 0 Å². The number of hydrogen-bond donors (Lipinski definition) is 4. The number of hydrogen-bond acceptors (Lipinski definition) is 8. The highest BCUT2D eigenvalue weighted by Gasteiger charge is 2.44. The summed E-state index contributed by atoms with van der Waals surface area (Å²) in [6, 6.07) is -0.308. The Kier molecular flexibility index (Phi) is 4.32. The molecule has 1 saturated heterocycles. The minimum Gasteiger partial charge on any atom is -0.396 e. The monoisotopic (exact) mass is 309 g/mol. The zero-order valence-electron chi connectivity index (χ0n) is 11.9. The lowest BCUT2D eigenvalue weighted by atomic mass is 10.0. The van der Waals surface area contributed by atoms with Crippen LogP contribution in [0.2, 0.25) is 0 Å². The fourth-order valence-corrected chi connectivity index (χ4v) is 2.71. The zero-order chi connectivity index (χ0) is 15.7. The van der Waals surface area contributed by atoms with Gasteiger partial charge in [-0.15, -0.1) is 0 Å². The molecule has 120 valence electrons. The maximum absolute atomic E-state index is 10.2. The van der Waals surface area contributed by atoms with Crippen LogP contribution in [-0.4, -0.2) is 65.8 Å². The molecule has 5 N–H and O–H groups in total. The molecule has 1 unspecified atom stereocenters. The molecule has 2 aromatic rings. The van der Waals surface area contributed by atoms with E-state index in [1.54, 1.807) is 10.8 Å². The molecule has 3 rings (SSSR count).